The van der Waals surface area contributed by atoms with Gasteiger partial charge in [-0.15, -0.1) is 0 Å². The van der Waals surface area contributed by atoms with Crippen LogP contribution in [0.5, 0.6) is 0 Å². The van der Waals surface area contributed by atoms with Gasteiger partial charge in [-0.25, -0.2) is 0 Å². The van der Waals surface area contributed by atoms with E-state index >= 15 is 0 Å². The summed E-state index contributed by atoms with van der Waals surface area (Å²) in [5.41, 5.74) is 0.807. The maximum atomic E-state index is 6.16. The number of rotatable bonds is 1. The van der Waals surface area contributed by atoms with E-state index in [1.807, 2.05) is 6.07 Å². The molecule has 2 nitrogen and oxygen atoms in total. The van der Waals surface area contributed by atoms with Gasteiger partial charge in [-0.3, -0.25) is 0 Å². The molecule has 0 bridgehead atoms. The lowest BCUT2D eigenvalue weighted by Gasteiger charge is -2.41. The van der Waals surface area contributed by atoms with Crippen LogP contribution in [0.1, 0.15) is 33.1 Å². The van der Waals surface area contributed by atoms with Crippen LogP contribution in [-0.2, 0) is 0 Å². The van der Waals surface area contributed by atoms with Crippen molar-refractivity contribution >= 4 is 46.2 Å². The highest BCUT2D eigenvalue weighted by Gasteiger charge is 2.26. The molecular formula is C14H18Cl2N2S. The molecule has 2 rings (SSSR count). The number of benzene rings is 1. The number of likely N-dealkylation sites (tertiary alicyclic amines) is 1. The molecule has 0 saturated carbocycles. The molecule has 1 aromatic carbocycles. The lowest BCUT2D eigenvalue weighted by molar-refractivity contribution is 0.194. The van der Waals surface area contributed by atoms with Crippen LogP contribution in [-0.4, -0.2) is 22.1 Å². The number of thiocarbonyl (C=S) groups is 1. The normalized spacial score (nSPS) is 23.3. The predicted octanol–water partition coefficient (Wildman–Crippen LogP) is 4.95. The number of nitrogens with one attached hydrogen (secondary N) is 1. The fourth-order valence-electron chi connectivity index (χ4n) is 2.59. The minimum absolute atomic E-state index is 0.467. The second-order valence-electron chi connectivity index (χ2n) is 5.09. The Morgan fingerprint density at radius 3 is 2.47 bits per heavy atom. The van der Waals surface area contributed by atoms with Crippen molar-refractivity contribution in [3.8, 4) is 0 Å². The second kappa shape index (κ2) is 6.29. The van der Waals surface area contributed by atoms with Gasteiger partial charge in [0.25, 0.3) is 0 Å². The molecule has 1 heterocycles. The van der Waals surface area contributed by atoms with E-state index in [1.54, 1.807) is 12.1 Å². The SMILES string of the molecule is CC1CCCC(C)N1C(=S)Nc1ccc(Cl)cc1Cl. The largest absolute Gasteiger partial charge is 0.344 e. The van der Waals surface area contributed by atoms with Gasteiger partial charge in [0.2, 0.25) is 0 Å². The van der Waals surface area contributed by atoms with Crippen molar-refractivity contribution in [1.29, 1.82) is 0 Å². The van der Waals surface area contributed by atoms with Gasteiger partial charge in [-0.05, 0) is 63.5 Å². The number of nitrogens with zero attached hydrogens (tertiary/aromatic N) is 1. The summed E-state index contributed by atoms with van der Waals surface area (Å²) in [4.78, 5) is 2.27. The van der Waals surface area contributed by atoms with Crippen LogP contribution >= 0.6 is 35.4 Å². The van der Waals surface area contributed by atoms with Gasteiger partial charge >= 0.3 is 0 Å². The molecule has 1 N–H and O–H groups in total. The van der Waals surface area contributed by atoms with Crippen LogP contribution in [0.2, 0.25) is 10.0 Å². The summed E-state index contributed by atoms with van der Waals surface area (Å²) in [5, 5.41) is 5.19. The van der Waals surface area contributed by atoms with Crippen molar-refractivity contribution in [2.45, 2.75) is 45.2 Å². The number of halogens is 2. The minimum atomic E-state index is 0.467. The zero-order chi connectivity index (χ0) is 14.0. The Bertz CT molecular complexity index is 469. The molecule has 2 atom stereocenters. The molecule has 0 spiro atoms. The van der Waals surface area contributed by atoms with Crippen LogP contribution in [0.25, 0.3) is 0 Å². The molecule has 19 heavy (non-hydrogen) atoms. The molecule has 1 saturated heterocycles. The summed E-state index contributed by atoms with van der Waals surface area (Å²) >= 11 is 17.6. The Morgan fingerprint density at radius 2 is 1.89 bits per heavy atom. The van der Waals surface area contributed by atoms with Gasteiger partial charge in [0, 0.05) is 17.1 Å². The van der Waals surface area contributed by atoms with E-state index in [9.17, 15) is 0 Å². The molecule has 2 unspecified atom stereocenters. The van der Waals surface area contributed by atoms with Crippen molar-refractivity contribution in [3.05, 3.63) is 28.2 Å². The number of piperidine rings is 1. The number of anilines is 1. The predicted molar refractivity (Wildman–Crippen MR) is 87.3 cm³/mol. The quantitative estimate of drug-likeness (QED) is 0.738. The summed E-state index contributed by atoms with van der Waals surface area (Å²) in [5.74, 6) is 0. The monoisotopic (exact) mass is 316 g/mol. The van der Waals surface area contributed by atoms with E-state index in [0.29, 0.717) is 22.1 Å². The van der Waals surface area contributed by atoms with E-state index in [2.05, 4.69) is 24.1 Å². The molecule has 0 aromatic heterocycles. The molecular weight excluding hydrogens is 299 g/mol. The maximum absolute atomic E-state index is 6.16. The molecule has 1 fully saturated rings. The maximum Gasteiger partial charge on any atom is 0.173 e. The van der Waals surface area contributed by atoms with Crippen LogP contribution in [0.15, 0.2) is 18.2 Å². The average molecular weight is 317 g/mol. The zero-order valence-corrected chi connectivity index (χ0v) is 13.4. The van der Waals surface area contributed by atoms with E-state index in [-0.39, 0.29) is 0 Å². The highest BCUT2D eigenvalue weighted by Crippen LogP contribution is 2.28. The zero-order valence-electron chi connectivity index (χ0n) is 11.1. The van der Waals surface area contributed by atoms with Gasteiger partial charge in [-0.1, -0.05) is 23.2 Å². The van der Waals surface area contributed by atoms with Crippen molar-refractivity contribution in [2.24, 2.45) is 0 Å². The van der Waals surface area contributed by atoms with Gasteiger partial charge in [-0.2, -0.15) is 0 Å². The van der Waals surface area contributed by atoms with Gasteiger partial charge in [0.15, 0.2) is 5.11 Å². The first kappa shape index (κ1) is 14.9. The highest BCUT2D eigenvalue weighted by molar-refractivity contribution is 7.80. The third-order valence-electron chi connectivity index (χ3n) is 3.60. The lowest BCUT2D eigenvalue weighted by Crippen LogP contribution is -2.49. The van der Waals surface area contributed by atoms with Gasteiger partial charge < -0.3 is 10.2 Å². The molecule has 104 valence electrons. The summed E-state index contributed by atoms with van der Waals surface area (Å²) < 4.78 is 0. The summed E-state index contributed by atoms with van der Waals surface area (Å²) in [6.07, 6.45) is 3.63. The van der Waals surface area contributed by atoms with Crippen molar-refractivity contribution in [1.82, 2.24) is 4.90 Å². The summed E-state index contributed by atoms with van der Waals surface area (Å²) in [6.45, 7) is 4.43. The summed E-state index contributed by atoms with van der Waals surface area (Å²) in [6, 6.07) is 6.32. The smallest absolute Gasteiger partial charge is 0.173 e. The Morgan fingerprint density at radius 1 is 1.26 bits per heavy atom. The molecule has 0 aliphatic carbocycles. The molecule has 1 aliphatic rings. The topological polar surface area (TPSA) is 15.3 Å². The minimum Gasteiger partial charge on any atom is -0.344 e. The first-order valence-corrected chi connectivity index (χ1v) is 7.70. The fraction of sp³-hybridized carbons (Fsp3) is 0.500. The van der Waals surface area contributed by atoms with Gasteiger partial charge in [0.05, 0.1) is 10.7 Å². The number of hydrogen-bond acceptors (Lipinski definition) is 1. The molecule has 1 aromatic rings. The Labute approximate surface area is 130 Å². The van der Waals surface area contributed by atoms with Crippen LogP contribution in [0, 0.1) is 0 Å². The Kier molecular flexibility index (Phi) is 4.93. The second-order valence-corrected chi connectivity index (χ2v) is 6.32. The third-order valence-corrected chi connectivity index (χ3v) is 4.46. The van der Waals surface area contributed by atoms with Crippen LogP contribution < -0.4 is 5.32 Å². The van der Waals surface area contributed by atoms with E-state index < -0.39 is 0 Å². The number of hydrogen-bond donors (Lipinski definition) is 1. The van der Waals surface area contributed by atoms with Crippen molar-refractivity contribution < 1.29 is 0 Å². The molecule has 0 amide bonds. The van der Waals surface area contributed by atoms with Crippen LogP contribution in [0.3, 0.4) is 0 Å². The van der Waals surface area contributed by atoms with Crippen LogP contribution in [0.4, 0.5) is 5.69 Å². The standard InChI is InChI=1S/C14H18Cl2N2S/c1-9-4-3-5-10(2)18(9)14(19)17-13-7-6-11(15)8-12(13)16/h6-10H,3-5H2,1-2H3,(H,17,19). The van der Waals surface area contributed by atoms with Crippen molar-refractivity contribution in [3.63, 3.8) is 0 Å². The van der Waals surface area contributed by atoms with E-state index in [1.165, 1.54) is 19.3 Å². The highest BCUT2D eigenvalue weighted by atomic mass is 35.5. The molecule has 5 heteroatoms. The first-order chi connectivity index (χ1) is 8.99. The van der Waals surface area contributed by atoms with E-state index in [0.717, 1.165) is 10.8 Å². The lowest BCUT2D eigenvalue weighted by atomic mass is 9.98. The fourth-order valence-corrected chi connectivity index (χ4v) is 3.52. The molecule has 0 radical (unpaired) electrons. The third kappa shape index (κ3) is 3.53. The van der Waals surface area contributed by atoms with E-state index in [4.69, 9.17) is 35.4 Å². The first-order valence-electron chi connectivity index (χ1n) is 6.53. The molecule has 1 aliphatic heterocycles. The van der Waals surface area contributed by atoms with Crippen molar-refractivity contribution in [2.75, 3.05) is 5.32 Å². The summed E-state index contributed by atoms with van der Waals surface area (Å²) in [7, 11) is 0. The Hall–Kier alpha value is -0.510. The Balaban J connectivity index is 2.11. The van der Waals surface area contributed by atoms with Gasteiger partial charge in [0.1, 0.15) is 0 Å². The average Bonchev–Trinajstić information content (AvgIpc) is 2.32.